The van der Waals surface area contributed by atoms with Crippen molar-refractivity contribution in [3.8, 4) is 0 Å². The summed E-state index contributed by atoms with van der Waals surface area (Å²) in [6.07, 6.45) is 70.6. The molecule has 452 valence electrons. The highest BCUT2D eigenvalue weighted by molar-refractivity contribution is 4.43. The maximum Gasteiger partial charge on any atom is 0.0431 e. The van der Waals surface area contributed by atoms with Crippen molar-refractivity contribution in [1.29, 1.82) is 0 Å². The van der Waals surface area contributed by atoms with Gasteiger partial charge in [0.15, 0.2) is 0 Å². The van der Waals surface area contributed by atoms with Gasteiger partial charge in [0, 0.05) is 6.61 Å². The molecule has 1 nitrogen and oxygen atoms in total. The van der Waals surface area contributed by atoms with Crippen molar-refractivity contribution in [2.45, 2.75) is 459 Å². The van der Waals surface area contributed by atoms with E-state index < -0.39 is 0 Å². The molecule has 0 aliphatic heterocycles. The zero-order valence-electron chi connectivity index (χ0n) is 56.2. The van der Waals surface area contributed by atoms with E-state index in [0.717, 1.165) is 6.42 Å². The summed E-state index contributed by atoms with van der Waals surface area (Å²) in [5.74, 6) is 0. The quantitative estimate of drug-likeness (QED) is 0.0604. The normalized spacial score (nSPS) is 9.50. The second-order valence-electron chi connectivity index (χ2n) is 21.0. The lowest BCUT2D eigenvalue weighted by molar-refractivity contribution is 0.282. The fourth-order valence-electron chi connectivity index (χ4n) is 6.98. The van der Waals surface area contributed by atoms with Crippen molar-refractivity contribution in [3.05, 3.63) is 0 Å². The van der Waals surface area contributed by atoms with E-state index in [1.807, 2.05) is 0 Å². The minimum Gasteiger partial charge on any atom is -0.396 e. The van der Waals surface area contributed by atoms with Crippen molar-refractivity contribution in [2.75, 3.05) is 6.61 Å². The van der Waals surface area contributed by atoms with Crippen LogP contribution < -0.4 is 0 Å². The Labute approximate surface area is 468 Å². The number of aliphatic hydroxyl groups excluding tert-OH is 1. The van der Waals surface area contributed by atoms with Gasteiger partial charge in [-0.3, -0.25) is 0 Å². The zero-order chi connectivity index (χ0) is 56.8. The van der Waals surface area contributed by atoms with Crippen LogP contribution in [0.4, 0.5) is 0 Å². The van der Waals surface area contributed by atoms with Gasteiger partial charge in [-0.2, -0.15) is 0 Å². The van der Waals surface area contributed by atoms with Crippen molar-refractivity contribution >= 4 is 0 Å². The molecule has 0 radical (unpaired) electrons. The molecule has 0 saturated heterocycles. The Bertz CT molecular complexity index is 416. The molecule has 0 aromatic heterocycles. The van der Waals surface area contributed by atoms with E-state index in [1.165, 1.54) is 321 Å². The smallest absolute Gasteiger partial charge is 0.0431 e. The van der Waals surface area contributed by atoms with Gasteiger partial charge < -0.3 is 5.11 Å². The maximum absolute atomic E-state index is 8.42. The van der Waals surface area contributed by atoms with E-state index in [2.05, 4.69) is 132 Å². The molecular weight excluding hydrogens is 869 g/mol. The average molecular weight is 1030 g/mol. The molecular formula is C71H162O. The Morgan fingerprint density at radius 2 is 0.181 bits per heavy atom. The molecule has 0 fully saturated rings. The Balaban J connectivity index is -0.0000000742. The Morgan fingerprint density at radius 1 is 0.111 bits per heavy atom. The van der Waals surface area contributed by atoms with Crippen LogP contribution in [-0.4, -0.2) is 11.7 Å². The van der Waals surface area contributed by atoms with E-state index in [1.54, 1.807) is 0 Å². The number of unbranched alkanes of at least 4 members (excludes halogenated alkanes) is 41. The minimum absolute atomic E-state index is 0.367. The van der Waals surface area contributed by atoms with E-state index in [4.69, 9.17) is 5.11 Å². The van der Waals surface area contributed by atoms with Crippen LogP contribution in [0, 0.1) is 0 Å². The molecule has 72 heavy (non-hydrogen) atoms. The molecule has 0 aromatic carbocycles. The lowest BCUT2D eigenvalue weighted by atomic mass is 10.1. The zero-order valence-corrected chi connectivity index (χ0v) is 56.2. The topological polar surface area (TPSA) is 20.2 Å². The van der Waals surface area contributed by atoms with E-state index in [0.29, 0.717) is 6.61 Å². The van der Waals surface area contributed by atoms with E-state index in [9.17, 15) is 0 Å². The summed E-state index contributed by atoms with van der Waals surface area (Å²) in [7, 11) is 0. The van der Waals surface area contributed by atoms with Crippen LogP contribution in [0.2, 0.25) is 0 Å². The number of aliphatic hydroxyl groups is 1. The summed E-state index contributed by atoms with van der Waals surface area (Å²) in [5.41, 5.74) is 0. The lowest BCUT2D eigenvalue weighted by Gasteiger charge is -1.95. The summed E-state index contributed by atoms with van der Waals surface area (Å²) < 4.78 is 0. The molecule has 0 spiro atoms. The third-order valence-electron chi connectivity index (χ3n) is 12.4. The van der Waals surface area contributed by atoms with Crippen molar-refractivity contribution in [3.63, 3.8) is 0 Å². The first-order chi connectivity index (χ1) is 35.1. The van der Waals surface area contributed by atoms with Crippen LogP contribution >= 0.6 is 0 Å². The van der Waals surface area contributed by atoms with Gasteiger partial charge in [-0.1, -0.05) is 453 Å². The molecule has 0 aliphatic rings. The molecule has 0 aliphatic carbocycles. The summed E-state index contributed by atoms with van der Waals surface area (Å²) in [6.45, 7) is 43.0. The van der Waals surface area contributed by atoms with Gasteiger partial charge in [-0.25, -0.2) is 0 Å². The van der Waals surface area contributed by atoms with Crippen molar-refractivity contribution in [2.24, 2.45) is 0 Å². The van der Waals surface area contributed by atoms with Gasteiger partial charge in [-0.15, -0.1) is 0 Å². The van der Waals surface area contributed by atoms with Crippen LogP contribution in [-0.2, 0) is 0 Å². The molecule has 0 heterocycles. The molecule has 0 saturated carbocycles. The third kappa shape index (κ3) is 189. The molecule has 0 aromatic rings. The lowest BCUT2D eigenvalue weighted by Crippen LogP contribution is -1.82. The fourth-order valence-corrected chi connectivity index (χ4v) is 6.98. The fraction of sp³-hybridized carbons (Fsp3) is 1.00. The van der Waals surface area contributed by atoms with Gasteiger partial charge in [0.1, 0.15) is 0 Å². The van der Waals surface area contributed by atoms with Crippen molar-refractivity contribution in [1.82, 2.24) is 0 Å². The van der Waals surface area contributed by atoms with Crippen LogP contribution in [0.1, 0.15) is 459 Å². The second kappa shape index (κ2) is 129. The van der Waals surface area contributed by atoms with Crippen molar-refractivity contribution < 1.29 is 5.11 Å². The van der Waals surface area contributed by atoms with Gasteiger partial charge in [0.05, 0.1) is 0 Å². The number of hydrogen-bond donors (Lipinski definition) is 1. The maximum atomic E-state index is 8.42. The van der Waals surface area contributed by atoms with E-state index in [-0.39, 0.29) is 0 Å². The summed E-state index contributed by atoms with van der Waals surface area (Å²) in [6, 6.07) is 0. The number of hydrogen-bond acceptors (Lipinski definition) is 1. The molecule has 0 atom stereocenters. The SMILES string of the molecule is CCCCCCC.CCCCCCC.CCCCCCC.CCCCCCC.CCCCCCC.CCCCCCC.CCCCCCC.CCCCCCC.CCCCCCC.CCCCCCCCO. The van der Waals surface area contributed by atoms with Gasteiger partial charge in [-0.05, 0) is 6.42 Å². The number of rotatable bonds is 42. The highest BCUT2D eigenvalue weighted by atomic mass is 16.2. The summed E-state index contributed by atoms with van der Waals surface area (Å²) in [5, 5.41) is 8.42. The molecule has 1 N–H and O–H groups in total. The molecule has 1 heteroatoms. The van der Waals surface area contributed by atoms with Crippen LogP contribution in [0.15, 0.2) is 0 Å². The van der Waals surface area contributed by atoms with Crippen LogP contribution in [0.5, 0.6) is 0 Å². The van der Waals surface area contributed by atoms with Crippen LogP contribution in [0.3, 0.4) is 0 Å². The summed E-state index contributed by atoms with van der Waals surface area (Å²) in [4.78, 5) is 0. The first-order valence-corrected chi connectivity index (χ1v) is 34.8. The Morgan fingerprint density at radius 3 is 0.264 bits per heavy atom. The molecule has 0 bridgehead atoms. The highest BCUT2D eigenvalue weighted by Gasteiger charge is 1.87. The predicted octanol–water partition coefficient (Wildman–Crippen LogP) is 29.1. The average Bonchev–Trinajstić information content (AvgIpc) is 3.40. The summed E-state index contributed by atoms with van der Waals surface area (Å²) >= 11 is 0. The Hall–Kier alpha value is -0.0400. The molecule has 0 rings (SSSR count). The molecule has 0 amide bonds. The monoisotopic (exact) mass is 1030 g/mol. The highest BCUT2D eigenvalue weighted by Crippen LogP contribution is 2.06. The minimum atomic E-state index is 0.367. The third-order valence-corrected chi connectivity index (χ3v) is 12.4. The van der Waals surface area contributed by atoms with Gasteiger partial charge in [0.25, 0.3) is 0 Å². The van der Waals surface area contributed by atoms with Crippen LogP contribution in [0.25, 0.3) is 0 Å². The predicted molar refractivity (Wildman–Crippen MR) is 350 cm³/mol. The second-order valence-corrected chi connectivity index (χ2v) is 21.0. The van der Waals surface area contributed by atoms with E-state index >= 15 is 0 Å². The first kappa shape index (κ1) is 94.4. The largest absolute Gasteiger partial charge is 0.396 e. The first-order valence-electron chi connectivity index (χ1n) is 34.8. The van der Waals surface area contributed by atoms with Gasteiger partial charge >= 0.3 is 0 Å². The Kier molecular flexibility index (Phi) is 169. The standard InChI is InChI=1S/C8H18O.9C7H16/c1-2-3-4-5-6-7-8-9;9*1-3-5-7-6-4-2/h9H,2-8H2,1H3;9*3-7H2,1-2H3. The van der Waals surface area contributed by atoms with Gasteiger partial charge in [0.2, 0.25) is 0 Å². The molecule has 0 unspecified atom stereocenters.